The van der Waals surface area contributed by atoms with E-state index in [0.29, 0.717) is 29.1 Å². The van der Waals surface area contributed by atoms with Gasteiger partial charge in [-0.1, -0.05) is 6.42 Å². The number of hydrogen-bond acceptors (Lipinski definition) is 3. The molecule has 0 saturated carbocycles. The highest BCUT2D eigenvalue weighted by Gasteiger charge is 2.18. The van der Waals surface area contributed by atoms with E-state index in [0.717, 1.165) is 19.5 Å². The van der Waals surface area contributed by atoms with E-state index < -0.39 is 5.82 Å². The molecule has 0 spiro atoms. The molecule has 1 N–H and O–H groups in total. The number of fused-ring (bicyclic) bond motifs is 3. The van der Waals surface area contributed by atoms with Gasteiger partial charge in [-0.2, -0.15) is 0 Å². The lowest BCUT2D eigenvalue weighted by atomic mass is 10.0. The van der Waals surface area contributed by atoms with Crippen molar-refractivity contribution in [1.29, 1.82) is 0 Å². The number of benzene rings is 1. The molecular formula is C22H27FN4O2. The number of nitrogens with one attached hydrogen (secondary N) is 1. The molecule has 3 aromatic rings. The molecule has 0 radical (unpaired) electrons. The summed E-state index contributed by atoms with van der Waals surface area (Å²) in [5.74, 6) is -0.673. The van der Waals surface area contributed by atoms with Gasteiger partial charge in [0, 0.05) is 25.3 Å². The SMILES string of the molecule is CC1CCCCN1CCCNC(=O)Cn1c(=O)c2cccn2c2ccc(F)cc21. The zero-order valence-electron chi connectivity index (χ0n) is 16.7. The summed E-state index contributed by atoms with van der Waals surface area (Å²) in [6.45, 7) is 4.79. The zero-order valence-corrected chi connectivity index (χ0v) is 16.7. The summed E-state index contributed by atoms with van der Waals surface area (Å²) in [6, 6.07) is 8.38. The summed E-state index contributed by atoms with van der Waals surface area (Å²) in [5.41, 5.74) is 1.27. The maximum atomic E-state index is 13.8. The molecule has 1 atom stereocenters. The summed E-state index contributed by atoms with van der Waals surface area (Å²) < 4.78 is 16.9. The van der Waals surface area contributed by atoms with Crippen molar-refractivity contribution >= 4 is 22.5 Å². The summed E-state index contributed by atoms with van der Waals surface area (Å²) in [5, 5.41) is 2.91. The van der Waals surface area contributed by atoms with Crippen LogP contribution >= 0.6 is 0 Å². The lowest BCUT2D eigenvalue weighted by Crippen LogP contribution is -2.39. The number of rotatable bonds is 6. The lowest BCUT2D eigenvalue weighted by Gasteiger charge is -2.33. The first-order chi connectivity index (χ1) is 14.0. The smallest absolute Gasteiger partial charge is 0.275 e. The fourth-order valence-corrected chi connectivity index (χ4v) is 4.29. The molecule has 4 rings (SSSR count). The number of piperidine rings is 1. The van der Waals surface area contributed by atoms with Crippen LogP contribution in [0.15, 0.2) is 41.3 Å². The molecule has 154 valence electrons. The molecule has 1 fully saturated rings. The van der Waals surface area contributed by atoms with Gasteiger partial charge in [0.05, 0.1) is 11.0 Å². The van der Waals surface area contributed by atoms with Crippen LogP contribution in [0.25, 0.3) is 16.6 Å². The van der Waals surface area contributed by atoms with Gasteiger partial charge in [-0.25, -0.2) is 4.39 Å². The van der Waals surface area contributed by atoms with Crippen molar-refractivity contribution in [2.45, 2.75) is 45.2 Å². The summed E-state index contributed by atoms with van der Waals surface area (Å²) in [6.07, 6.45) is 6.41. The largest absolute Gasteiger partial charge is 0.355 e. The van der Waals surface area contributed by atoms with Gasteiger partial charge in [0.15, 0.2) is 0 Å². The Balaban J connectivity index is 1.45. The first kappa shape index (κ1) is 19.6. The highest BCUT2D eigenvalue weighted by Crippen LogP contribution is 2.17. The minimum Gasteiger partial charge on any atom is -0.355 e. The van der Waals surface area contributed by atoms with Crippen molar-refractivity contribution in [2.75, 3.05) is 19.6 Å². The van der Waals surface area contributed by atoms with Crippen LogP contribution in [0.1, 0.15) is 32.6 Å². The molecule has 6 nitrogen and oxygen atoms in total. The Morgan fingerprint density at radius 1 is 1.21 bits per heavy atom. The number of likely N-dealkylation sites (tertiary alicyclic amines) is 1. The first-order valence-electron chi connectivity index (χ1n) is 10.3. The van der Waals surface area contributed by atoms with E-state index in [1.54, 1.807) is 28.8 Å². The summed E-state index contributed by atoms with van der Waals surface area (Å²) in [4.78, 5) is 27.8. The van der Waals surface area contributed by atoms with Crippen molar-refractivity contribution < 1.29 is 9.18 Å². The van der Waals surface area contributed by atoms with Crippen LogP contribution in [0.3, 0.4) is 0 Å². The third-order valence-electron chi connectivity index (χ3n) is 5.89. The topological polar surface area (TPSA) is 58.8 Å². The Bertz CT molecular complexity index is 1090. The van der Waals surface area contributed by atoms with Gasteiger partial charge in [0.1, 0.15) is 17.9 Å². The van der Waals surface area contributed by atoms with Crippen molar-refractivity contribution in [3.63, 3.8) is 0 Å². The molecule has 1 aromatic carbocycles. The molecule has 2 aromatic heterocycles. The van der Waals surface area contributed by atoms with E-state index in [-0.39, 0.29) is 18.0 Å². The number of carbonyl (C=O) groups excluding carboxylic acids is 1. The van der Waals surface area contributed by atoms with Gasteiger partial charge >= 0.3 is 0 Å². The van der Waals surface area contributed by atoms with Gasteiger partial charge in [-0.05, 0) is 63.1 Å². The maximum absolute atomic E-state index is 13.8. The molecular weight excluding hydrogens is 371 g/mol. The standard InChI is InChI=1S/C22H27FN4O2/c1-16-6-2-3-11-25(16)12-5-10-24-21(28)15-27-20-14-17(23)8-9-18(20)26-13-4-7-19(26)22(27)29/h4,7-9,13-14,16H,2-3,5-6,10-12,15H2,1H3,(H,24,28). The predicted molar refractivity (Wildman–Crippen MR) is 112 cm³/mol. The van der Waals surface area contributed by atoms with Gasteiger partial charge in [0.2, 0.25) is 5.91 Å². The summed E-state index contributed by atoms with van der Waals surface area (Å²) >= 11 is 0. The second-order valence-electron chi connectivity index (χ2n) is 7.87. The van der Waals surface area contributed by atoms with Crippen molar-refractivity contribution in [2.24, 2.45) is 0 Å². The molecule has 1 aliphatic heterocycles. The fourth-order valence-electron chi connectivity index (χ4n) is 4.29. The quantitative estimate of drug-likeness (QED) is 0.650. The van der Waals surface area contributed by atoms with Gasteiger partial charge in [0.25, 0.3) is 5.56 Å². The Morgan fingerprint density at radius 3 is 2.90 bits per heavy atom. The average Bonchev–Trinajstić information content (AvgIpc) is 3.20. The van der Waals surface area contributed by atoms with Crippen LogP contribution < -0.4 is 10.9 Å². The van der Waals surface area contributed by atoms with E-state index in [4.69, 9.17) is 0 Å². The molecule has 0 aliphatic carbocycles. The van der Waals surface area contributed by atoms with Crippen molar-refractivity contribution in [1.82, 2.24) is 19.2 Å². The Kier molecular flexibility index (Phi) is 5.67. The molecule has 0 bridgehead atoms. The number of amides is 1. The minimum absolute atomic E-state index is 0.124. The molecule has 1 saturated heterocycles. The molecule has 29 heavy (non-hydrogen) atoms. The van der Waals surface area contributed by atoms with Crippen LogP contribution in [-0.2, 0) is 11.3 Å². The average molecular weight is 398 g/mol. The molecule has 1 amide bonds. The Morgan fingerprint density at radius 2 is 2.07 bits per heavy atom. The van der Waals surface area contributed by atoms with Gasteiger partial charge < -0.3 is 14.6 Å². The van der Waals surface area contributed by atoms with Crippen LogP contribution in [0.5, 0.6) is 0 Å². The Labute approximate surface area is 168 Å². The van der Waals surface area contributed by atoms with Crippen molar-refractivity contribution in [3.05, 3.63) is 52.7 Å². The van der Waals surface area contributed by atoms with E-state index in [1.165, 1.54) is 36.0 Å². The lowest BCUT2D eigenvalue weighted by molar-refractivity contribution is -0.121. The van der Waals surface area contributed by atoms with Crippen LogP contribution in [-0.4, -0.2) is 45.5 Å². The van der Waals surface area contributed by atoms with Crippen LogP contribution in [0.2, 0.25) is 0 Å². The van der Waals surface area contributed by atoms with E-state index in [1.807, 2.05) is 0 Å². The second kappa shape index (κ2) is 8.37. The predicted octanol–water partition coefficient (Wildman–Crippen LogP) is 2.77. The molecule has 1 unspecified atom stereocenters. The number of carbonyl (C=O) groups is 1. The Hall–Kier alpha value is -2.67. The van der Waals surface area contributed by atoms with Crippen molar-refractivity contribution in [3.8, 4) is 0 Å². The minimum atomic E-state index is -0.437. The highest BCUT2D eigenvalue weighted by atomic mass is 19.1. The number of nitrogens with zero attached hydrogens (tertiary/aromatic N) is 3. The maximum Gasteiger partial charge on any atom is 0.275 e. The summed E-state index contributed by atoms with van der Waals surface area (Å²) in [7, 11) is 0. The zero-order chi connectivity index (χ0) is 20.4. The first-order valence-corrected chi connectivity index (χ1v) is 10.3. The van der Waals surface area contributed by atoms with E-state index in [9.17, 15) is 14.0 Å². The number of aromatic nitrogens is 2. The second-order valence-corrected chi connectivity index (χ2v) is 7.87. The number of hydrogen-bond donors (Lipinski definition) is 1. The number of halogens is 1. The van der Waals surface area contributed by atoms with Crippen LogP contribution in [0, 0.1) is 5.82 Å². The third-order valence-corrected chi connectivity index (χ3v) is 5.89. The molecule has 3 heterocycles. The van der Waals surface area contributed by atoms with Crippen LogP contribution in [0.4, 0.5) is 4.39 Å². The van der Waals surface area contributed by atoms with Gasteiger partial charge in [-0.3, -0.25) is 14.2 Å². The van der Waals surface area contributed by atoms with E-state index >= 15 is 0 Å². The normalized spacial score (nSPS) is 17.8. The van der Waals surface area contributed by atoms with Gasteiger partial charge in [-0.15, -0.1) is 0 Å². The third kappa shape index (κ3) is 4.05. The monoisotopic (exact) mass is 398 g/mol. The fraction of sp³-hybridized carbons (Fsp3) is 0.455. The molecule has 7 heteroatoms. The highest BCUT2D eigenvalue weighted by molar-refractivity contribution is 5.82. The molecule has 1 aliphatic rings. The van der Waals surface area contributed by atoms with E-state index in [2.05, 4.69) is 17.1 Å².